The van der Waals surface area contributed by atoms with Crippen LogP contribution in [0.4, 0.5) is 9.59 Å². The number of nitrogens with zero attached hydrogens (tertiary/aromatic N) is 2. The van der Waals surface area contributed by atoms with Crippen molar-refractivity contribution in [2.45, 2.75) is 64.8 Å². The van der Waals surface area contributed by atoms with Gasteiger partial charge >= 0.3 is 18.0 Å². The molecule has 0 bridgehead atoms. The first-order chi connectivity index (χ1) is 13.3. The number of amides is 5. The van der Waals surface area contributed by atoms with Crippen LogP contribution in [0.1, 0.15) is 58.8 Å². The molecular weight excluding hydrogens is 366 g/mol. The van der Waals surface area contributed by atoms with Crippen LogP contribution in [0, 0.1) is 11.8 Å². The molecule has 158 valence electrons. The van der Waals surface area contributed by atoms with Gasteiger partial charge in [0.15, 0.2) is 0 Å². The molecule has 9 nitrogen and oxygen atoms in total. The summed E-state index contributed by atoms with van der Waals surface area (Å²) >= 11 is 0. The Labute approximate surface area is 165 Å². The zero-order valence-corrected chi connectivity index (χ0v) is 16.8. The number of hydrogen-bond acceptors (Lipinski definition) is 6. The molecule has 1 aliphatic carbocycles. The van der Waals surface area contributed by atoms with Gasteiger partial charge in [-0.3, -0.25) is 10.0 Å². The molecule has 1 heterocycles. The van der Waals surface area contributed by atoms with E-state index in [9.17, 15) is 24.4 Å². The lowest BCUT2D eigenvalue weighted by atomic mass is 9.91. The number of alkyl carbamates (subject to hydrolysis) is 1. The SMILES string of the molecule is CCOC(=O)NC(=O)[N+]1(C(=O)[C@H](CC2CCCC2)CN(O)C=O)CCC[C@H]1C. The van der Waals surface area contributed by atoms with Gasteiger partial charge in [-0.25, -0.2) is 24.8 Å². The monoisotopic (exact) mass is 398 g/mol. The smallest absolute Gasteiger partial charge is 0.433 e. The first-order valence-electron chi connectivity index (χ1n) is 10.2. The van der Waals surface area contributed by atoms with Crippen molar-refractivity contribution in [2.24, 2.45) is 11.8 Å². The number of urea groups is 1. The second kappa shape index (κ2) is 9.97. The fraction of sp³-hybridized carbons (Fsp3) is 0.789. The fourth-order valence-corrected chi connectivity index (χ4v) is 4.66. The third-order valence-electron chi connectivity index (χ3n) is 6.10. The van der Waals surface area contributed by atoms with Crippen LogP contribution in [0.25, 0.3) is 0 Å². The lowest BCUT2D eigenvalue weighted by Crippen LogP contribution is -2.65. The van der Waals surface area contributed by atoms with Crippen molar-refractivity contribution in [1.29, 1.82) is 0 Å². The summed E-state index contributed by atoms with van der Waals surface area (Å²) in [4.78, 5) is 49.3. The highest BCUT2D eigenvalue weighted by Gasteiger charge is 2.55. The second-order valence-electron chi connectivity index (χ2n) is 7.88. The highest BCUT2D eigenvalue weighted by Crippen LogP contribution is 2.35. The van der Waals surface area contributed by atoms with Crippen LogP contribution >= 0.6 is 0 Å². The summed E-state index contributed by atoms with van der Waals surface area (Å²) < 4.78 is 4.30. The summed E-state index contributed by atoms with van der Waals surface area (Å²) in [5.41, 5.74) is 0. The number of carbonyl (C=O) groups is 4. The van der Waals surface area contributed by atoms with Crippen molar-refractivity contribution >= 4 is 24.4 Å². The predicted molar refractivity (Wildman–Crippen MR) is 99.0 cm³/mol. The topological polar surface area (TPSA) is 113 Å². The molecule has 2 rings (SSSR count). The van der Waals surface area contributed by atoms with Crippen LogP contribution in [-0.2, 0) is 14.3 Å². The van der Waals surface area contributed by atoms with Crippen LogP contribution < -0.4 is 5.32 Å². The molecule has 0 aromatic heterocycles. The van der Waals surface area contributed by atoms with Crippen molar-refractivity contribution in [3.63, 3.8) is 0 Å². The van der Waals surface area contributed by atoms with Crippen molar-refractivity contribution in [2.75, 3.05) is 19.7 Å². The Balaban J connectivity index is 2.27. The number of rotatable bonds is 7. The second-order valence-corrected chi connectivity index (χ2v) is 7.88. The summed E-state index contributed by atoms with van der Waals surface area (Å²) in [5, 5.41) is 12.4. The Hall–Kier alpha value is -2.00. The van der Waals surface area contributed by atoms with Gasteiger partial charge in [-0.15, -0.1) is 0 Å². The molecule has 0 aromatic carbocycles. The van der Waals surface area contributed by atoms with Gasteiger partial charge in [0.05, 0.1) is 25.6 Å². The zero-order valence-electron chi connectivity index (χ0n) is 16.8. The third-order valence-corrected chi connectivity index (χ3v) is 6.10. The van der Waals surface area contributed by atoms with Gasteiger partial charge < -0.3 is 4.74 Å². The number of carbonyl (C=O) groups excluding carboxylic acids is 4. The normalized spacial score (nSPS) is 25.9. The van der Waals surface area contributed by atoms with Crippen LogP contribution in [0.15, 0.2) is 0 Å². The Bertz CT molecular complexity index is 592. The summed E-state index contributed by atoms with van der Waals surface area (Å²) in [6.45, 7) is 3.70. The quantitative estimate of drug-likeness (QED) is 0.295. The van der Waals surface area contributed by atoms with E-state index in [4.69, 9.17) is 4.74 Å². The minimum Gasteiger partial charge on any atom is -0.449 e. The van der Waals surface area contributed by atoms with Gasteiger partial charge in [0.2, 0.25) is 6.41 Å². The van der Waals surface area contributed by atoms with Gasteiger partial charge in [-0.2, -0.15) is 4.48 Å². The Morgan fingerprint density at radius 3 is 2.46 bits per heavy atom. The maximum Gasteiger partial charge on any atom is 0.433 e. The van der Waals surface area contributed by atoms with Crippen LogP contribution in [0.2, 0.25) is 0 Å². The van der Waals surface area contributed by atoms with E-state index < -0.39 is 22.5 Å². The third kappa shape index (κ3) is 4.88. The molecule has 1 saturated carbocycles. The van der Waals surface area contributed by atoms with Crippen molar-refractivity contribution < 1.29 is 33.6 Å². The first kappa shape index (κ1) is 22.3. The Morgan fingerprint density at radius 2 is 1.93 bits per heavy atom. The largest absolute Gasteiger partial charge is 0.449 e. The lowest BCUT2D eigenvalue weighted by molar-refractivity contribution is -0.786. The number of nitrogens with one attached hydrogen (secondary N) is 1. The molecule has 5 amide bonds. The maximum atomic E-state index is 13.6. The van der Waals surface area contributed by atoms with E-state index >= 15 is 0 Å². The molecule has 2 fully saturated rings. The Morgan fingerprint density at radius 1 is 1.25 bits per heavy atom. The standard InChI is InChI=1S/C19H31N3O6/c1-3-28-19(26)20-18(25)22(10-6-7-14(22)2)17(24)16(12-21(27)13-23)11-15-8-4-5-9-15/h13-16,27H,3-12H2,1-2H3/p+1/t14-,16-,22?/m1/s1. The predicted octanol–water partition coefficient (Wildman–Crippen LogP) is 2.42. The van der Waals surface area contributed by atoms with Gasteiger partial charge in [0, 0.05) is 12.8 Å². The molecule has 3 atom stereocenters. The van der Waals surface area contributed by atoms with E-state index in [0.717, 1.165) is 25.7 Å². The van der Waals surface area contributed by atoms with E-state index in [1.165, 1.54) is 0 Å². The van der Waals surface area contributed by atoms with Crippen LogP contribution in [-0.4, -0.2) is 64.9 Å². The maximum absolute atomic E-state index is 13.6. The molecule has 2 aliphatic rings. The molecule has 0 spiro atoms. The number of imide groups is 2. The molecule has 0 aromatic rings. The molecule has 28 heavy (non-hydrogen) atoms. The van der Waals surface area contributed by atoms with Gasteiger partial charge in [-0.1, -0.05) is 25.7 Å². The van der Waals surface area contributed by atoms with E-state index in [1.54, 1.807) is 6.92 Å². The zero-order chi connectivity index (χ0) is 20.7. The fourth-order valence-electron chi connectivity index (χ4n) is 4.66. The van der Waals surface area contributed by atoms with E-state index in [2.05, 4.69) is 5.32 Å². The number of hydrogen-bond donors (Lipinski definition) is 2. The van der Waals surface area contributed by atoms with Crippen molar-refractivity contribution in [3.8, 4) is 0 Å². The number of hydroxylamine groups is 2. The van der Waals surface area contributed by atoms with E-state index in [0.29, 0.717) is 36.8 Å². The minimum atomic E-state index is -0.874. The minimum absolute atomic E-state index is 0.117. The Kier molecular flexibility index (Phi) is 7.94. The molecule has 2 N–H and O–H groups in total. The molecule has 1 unspecified atom stereocenters. The average Bonchev–Trinajstić information content (AvgIpc) is 3.30. The highest BCUT2D eigenvalue weighted by molar-refractivity contribution is 5.93. The van der Waals surface area contributed by atoms with E-state index in [-0.39, 0.29) is 31.5 Å². The van der Waals surface area contributed by atoms with Crippen LogP contribution in [0.5, 0.6) is 0 Å². The van der Waals surface area contributed by atoms with Gasteiger partial charge in [0.25, 0.3) is 0 Å². The van der Waals surface area contributed by atoms with Gasteiger partial charge in [0.1, 0.15) is 6.04 Å². The molecule has 0 radical (unpaired) electrons. The van der Waals surface area contributed by atoms with Crippen molar-refractivity contribution in [1.82, 2.24) is 10.4 Å². The lowest BCUT2D eigenvalue weighted by Gasteiger charge is -2.36. The molecule has 1 saturated heterocycles. The van der Waals surface area contributed by atoms with Gasteiger partial charge in [-0.05, 0) is 26.2 Å². The van der Waals surface area contributed by atoms with Crippen molar-refractivity contribution in [3.05, 3.63) is 0 Å². The number of quaternary nitrogens is 1. The number of ether oxygens (including phenoxy) is 1. The summed E-state index contributed by atoms with van der Waals surface area (Å²) in [7, 11) is 0. The molecule has 9 heteroatoms. The van der Waals surface area contributed by atoms with Crippen LogP contribution in [0.3, 0.4) is 0 Å². The highest BCUT2D eigenvalue weighted by atomic mass is 16.5. The summed E-state index contributed by atoms with van der Waals surface area (Å²) in [6.07, 6.45) is 5.46. The summed E-state index contributed by atoms with van der Waals surface area (Å²) in [5.74, 6) is -0.688. The average molecular weight is 398 g/mol. The first-order valence-corrected chi connectivity index (χ1v) is 10.2. The summed E-state index contributed by atoms with van der Waals surface area (Å²) in [6, 6.07) is -0.989. The molecule has 1 aliphatic heterocycles. The number of likely N-dealkylation sites (tertiary alicyclic amines) is 1. The van der Waals surface area contributed by atoms with E-state index in [1.807, 2.05) is 6.92 Å². The molecular formula is C19H32N3O6+.